The molecule has 0 saturated carbocycles. The number of amides is 1. The molecule has 0 aliphatic heterocycles. The lowest BCUT2D eigenvalue weighted by molar-refractivity contribution is -0.141. The Morgan fingerprint density at radius 1 is 1.25 bits per heavy atom. The number of alkyl halides is 3. The monoisotopic (exact) mass is 357 g/mol. The average molecular weight is 357 g/mol. The van der Waals surface area contributed by atoms with Gasteiger partial charge in [-0.2, -0.15) is 13.2 Å². The highest BCUT2D eigenvalue weighted by Gasteiger charge is 2.31. The molecule has 1 aromatic carbocycles. The molecule has 0 aliphatic carbocycles. The van der Waals surface area contributed by atoms with Crippen LogP contribution in [0.5, 0.6) is 0 Å². The molecule has 2 aromatic rings. The van der Waals surface area contributed by atoms with Gasteiger partial charge in [0.1, 0.15) is 0 Å². The third-order valence-electron chi connectivity index (χ3n) is 3.24. The van der Waals surface area contributed by atoms with Crippen LogP contribution in [0.1, 0.15) is 33.3 Å². The van der Waals surface area contributed by atoms with Crippen LogP contribution in [0.25, 0.3) is 0 Å². The molecule has 0 spiro atoms. The largest absolute Gasteiger partial charge is 0.469 e. The first kappa shape index (κ1) is 18.0. The molecule has 24 heavy (non-hydrogen) atoms. The lowest BCUT2D eigenvalue weighted by Crippen LogP contribution is -2.30. The summed E-state index contributed by atoms with van der Waals surface area (Å²) in [7, 11) is 1.22. The average Bonchev–Trinajstić information content (AvgIpc) is 3.07. The van der Waals surface area contributed by atoms with Crippen LogP contribution in [0.4, 0.5) is 13.2 Å². The number of ether oxygens (including phenoxy) is 1. The third kappa shape index (κ3) is 4.58. The highest BCUT2D eigenvalue weighted by Crippen LogP contribution is 2.30. The van der Waals surface area contributed by atoms with E-state index in [0.29, 0.717) is 4.88 Å². The van der Waals surface area contributed by atoms with Crippen LogP contribution in [0, 0.1) is 0 Å². The van der Waals surface area contributed by atoms with Gasteiger partial charge in [0.05, 0.1) is 25.1 Å². The number of hydrogen-bond donors (Lipinski definition) is 1. The second kappa shape index (κ2) is 7.48. The molecule has 0 aliphatic rings. The highest BCUT2D eigenvalue weighted by atomic mass is 32.1. The molecule has 1 aromatic heterocycles. The first-order chi connectivity index (χ1) is 11.3. The van der Waals surface area contributed by atoms with Crippen molar-refractivity contribution in [3.8, 4) is 0 Å². The number of rotatable bonds is 5. The molecule has 2 rings (SSSR count). The van der Waals surface area contributed by atoms with E-state index in [2.05, 4.69) is 10.1 Å². The van der Waals surface area contributed by atoms with Gasteiger partial charge in [-0.3, -0.25) is 9.59 Å². The Balaban J connectivity index is 2.20. The van der Waals surface area contributed by atoms with E-state index in [9.17, 15) is 22.8 Å². The number of esters is 1. The second-order valence-corrected chi connectivity index (χ2v) is 5.88. The minimum absolute atomic E-state index is 0.109. The van der Waals surface area contributed by atoms with Gasteiger partial charge < -0.3 is 10.1 Å². The molecule has 0 bridgehead atoms. The van der Waals surface area contributed by atoms with Crippen molar-refractivity contribution in [2.24, 2.45) is 0 Å². The van der Waals surface area contributed by atoms with Gasteiger partial charge in [0.2, 0.25) is 0 Å². The molecule has 0 saturated heterocycles. The summed E-state index contributed by atoms with van der Waals surface area (Å²) in [6.45, 7) is 0. The van der Waals surface area contributed by atoms with Gasteiger partial charge in [0.25, 0.3) is 5.91 Å². The van der Waals surface area contributed by atoms with E-state index in [1.165, 1.54) is 24.5 Å². The molecule has 1 unspecified atom stereocenters. The Hall–Kier alpha value is -2.35. The fourth-order valence-electron chi connectivity index (χ4n) is 2.04. The smallest absolute Gasteiger partial charge is 0.416 e. The Morgan fingerprint density at radius 3 is 2.58 bits per heavy atom. The quantitative estimate of drug-likeness (QED) is 0.828. The van der Waals surface area contributed by atoms with Crippen molar-refractivity contribution in [3.05, 3.63) is 57.8 Å². The van der Waals surface area contributed by atoms with Crippen molar-refractivity contribution >= 4 is 23.2 Å². The molecule has 1 atom stereocenters. The van der Waals surface area contributed by atoms with Gasteiger partial charge in [-0.25, -0.2) is 0 Å². The van der Waals surface area contributed by atoms with Crippen molar-refractivity contribution in [2.75, 3.05) is 7.11 Å². The topological polar surface area (TPSA) is 55.4 Å². The number of carbonyl (C=O) groups is 2. The zero-order valence-corrected chi connectivity index (χ0v) is 13.4. The maximum Gasteiger partial charge on any atom is 0.416 e. The van der Waals surface area contributed by atoms with E-state index in [4.69, 9.17) is 0 Å². The number of nitrogens with one attached hydrogen (secondary N) is 1. The summed E-state index contributed by atoms with van der Waals surface area (Å²) >= 11 is 1.33. The second-order valence-electron chi connectivity index (χ2n) is 4.90. The molecule has 8 heteroatoms. The Labute approximate surface area is 140 Å². The van der Waals surface area contributed by atoms with Gasteiger partial charge in [-0.1, -0.05) is 12.1 Å². The van der Waals surface area contributed by atoms with Crippen molar-refractivity contribution in [2.45, 2.75) is 18.6 Å². The molecule has 1 heterocycles. The van der Waals surface area contributed by atoms with Gasteiger partial charge in [0, 0.05) is 10.4 Å². The molecule has 0 radical (unpaired) electrons. The van der Waals surface area contributed by atoms with E-state index >= 15 is 0 Å². The van der Waals surface area contributed by atoms with Crippen molar-refractivity contribution in [1.82, 2.24) is 5.32 Å². The van der Waals surface area contributed by atoms with Crippen LogP contribution in [-0.2, 0) is 15.7 Å². The minimum atomic E-state index is -4.53. The number of carbonyl (C=O) groups excluding carboxylic acids is 2. The van der Waals surface area contributed by atoms with Gasteiger partial charge in [-0.05, 0) is 29.6 Å². The Kier molecular flexibility index (Phi) is 5.61. The van der Waals surface area contributed by atoms with Crippen molar-refractivity contribution in [3.63, 3.8) is 0 Å². The zero-order chi connectivity index (χ0) is 17.7. The fraction of sp³-hybridized carbons (Fsp3) is 0.250. The lowest BCUT2D eigenvalue weighted by Gasteiger charge is -2.17. The summed E-state index contributed by atoms with van der Waals surface area (Å²) in [5, 5.41) is 4.36. The summed E-state index contributed by atoms with van der Waals surface area (Å²) in [5.74, 6) is -1.22. The molecule has 4 nitrogen and oxygen atoms in total. The van der Waals surface area contributed by atoms with Crippen LogP contribution in [0.15, 0.2) is 41.8 Å². The molecule has 128 valence electrons. The number of benzene rings is 1. The third-order valence-corrected chi connectivity index (χ3v) is 4.23. The van der Waals surface area contributed by atoms with Crippen molar-refractivity contribution < 1.29 is 27.5 Å². The summed E-state index contributed by atoms with van der Waals surface area (Å²) in [4.78, 5) is 24.5. The molecule has 0 fully saturated rings. The van der Waals surface area contributed by atoms with Crippen LogP contribution in [-0.4, -0.2) is 19.0 Å². The van der Waals surface area contributed by atoms with Gasteiger partial charge in [-0.15, -0.1) is 11.3 Å². The van der Waals surface area contributed by atoms with E-state index in [-0.39, 0.29) is 12.0 Å². The molecule has 1 amide bonds. The van der Waals surface area contributed by atoms with E-state index in [0.717, 1.165) is 18.2 Å². The number of thiophene rings is 1. The Morgan fingerprint density at radius 2 is 2.00 bits per heavy atom. The van der Waals surface area contributed by atoms with Gasteiger partial charge in [0.15, 0.2) is 0 Å². The van der Waals surface area contributed by atoms with Crippen LogP contribution in [0.2, 0.25) is 0 Å². The predicted molar refractivity (Wildman–Crippen MR) is 82.6 cm³/mol. The number of hydrogen-bond acceptors (Lipinski definition) is 4. The SMILES string of the molecule is COC(=O)CC(NC(=O)c1cccc(C(F)(F)F)c1)c1cccs1. The Bertz CT molecular complexity index is 714. The first-order valence-electron chi connectivity index (χ1n) is 6.89. The van der Waals surface area contributed by atoms with Crippen molar-refractivity contribution in [1.29, 1.82) is 0 Å². The zero-order valence-electron chi connectivity index (χ0n) is 12.6. The number of halogens is 3. The molecular formula is C16H14F3NO3S. The van der Waals surface area contributed by atoms with E-state index in [1.54, 1.807) is 17.5 Å². The summed E-state index contributed by atoms with van der Waals surface area (Å²) in [6.07, 6.45) is -4.64. The summed E-state index contributed by atoms with van der Waals surface area (Å²) in [5.41, 5.74) is -1.04. The highest BCUT2D eigenvalue weighted by molar-refractivity contribution is 7.10. The predicted octanol–water partition coefficient (Wildman–Crippen LogP) is 3.80. The van der Waals surface area contributed by atoms with Crippen LogP contribution in [0.3, 0.4) is 0 Å². The van der Waals surface area contributed by atoms with Gasteiger partial charge >= 0.3 is 12.1 Å². The summed E-state index contributed by atoms with van der Waals surface area (Å²) < 4.78 is 42.8. The normalized spacial score (nSPS) is 12.5. The minimum Gasteiger partial charge on any atom is -0.469 e. The van der Waals surface area contributed by atoms with E-state index < -0.39 is 29.7 Å². The summed E-state index contributed by atoms with van der Waals surface area (Å²) in [6, 6.07) is 6.93. The van der Waals surface area contributed by atoms with E-state index in [1.807, 2.05) is 0 Å². The van der Waals surface area contributed by atoms with Crippen LogP contribution < -0.4 is 5.32 Å². The molecule has 1 N–H and O–H groups in total. The lowest BCUT2D eigenvalue weighted by atomic mass is 10.1. The van der Waals surface area contributed by atoms with Crippen LogP contribution >= 0.6 is 11.3 Å². The first-order valence-corrected chi connectivity index (χ1v) is 7.77. The maximum absolute atomic E-state index is 12.7. The molecular weight excluding hydrogens is 343 g/mol. The standard InChI is InChI=1S/C16H14F3NO3S/c1-23-14(21)9-12(13-6-3-7-24-13)20-15(22)10-4-2-5-11(8-10)16(17,18)19/h2-8,12H,9H2,1H3,(H,20,22). The fourth-order valence-corrected chi connectivity index (χ4v) is 2.82. The maximum atomic E-state index is 12.7. The number of methoxy groups -OCH3 is 1.